The quantitative estimate of drug-likeness (QED) is 0.653. The fourth-order valence-electron chi connectivity index (χ4n) is 2.42. The third-order valence-electron chi connectivity index (χ3n) is 4.03. The van der Waals surface area contributed by atoms with E-state index in [4.69, 9.17) is 0 Å². The fraction of sp³-hybridized carbons (Fsp3) is 0.316. The summed E-state index contributed by atoms with van der Waals surface area (Å²) in [5, 5.41) is 2.88. The van der Waals surface area contributed by atoms with Gasteiger partial charge in [0.1, 0.15) is 6.04 Å². The highest BCUT2D eigenvalue weighted by atomic mass is 32.3. The van der Waals surface area contributed by atoms with Gasteiger partial charge in [-0.15, -0.1) is 3.77 Å². The smallest absolute Gasteiger partial charge is 0.322 e. The highest BCUT2D eigenvalue weighted by Gasteiger charge is 2.21. The van der Waals surface area contributed by atoms with E-state index in [1.807, 2.05) is 6.92 Å². The van der Waals surface area contributed by atoms with Crippen LogP contribution in [0.1, 0.15) is 12.5 Å². The SMILES string of the molecule is COC(=O)[C@H](C)NCCS(=O)(=NS(=O)(=O)c1ccc(C)cc1)c1ccccc1. The lowest BCUT2D eigenvalue weighted by Gasteiger charge is -2.14. The Morgan fingerprint density at radius 3 is 2.21 bits per heavy atom. The Bertz CT molecular complexity index is 1030. The number of rotatable bonds is 8. The van der Waals surface area contributed by atoms with Crippen molar-refractivity contribution in [3.8, 4) is 0 Å². The van der Waals surface area contributed by atoms with E-state index in [0.29, 0.717) is 4.90 Å². The molecule has 1 N–H and O–H groups in total. The topological polar surface area (TPSA) is 102 Å². The molecule has 0 spiro atoms. The van der Waals surface area contributed by atoms with Crippen molar-refractivity contribution in [3.63, 3.8) is 0 Å². The van der Waals surface area contributed by atoms with Crippen LogP contribution in [0.3, 0.4) is 0 Å². The van der Waals surface area contributed by atoms with E-state index in [1.54, 1.807) is 49.4 Å². The van der Waals surface area contributed by atoms with Gasteiger partial charge in [0, 0.05) is 17.2 Å². The van der Waals surface area contributed by atoms with E-state index in [1.165, 1.54) is 19.2 Å². The molecule has 0 fully saturated rings. The highest BCUT2D eigenvalue weighted by molar-refractivity contribution is 8.03. The van der Waals surface area contributed by atoms with Gasteiger partial charge in [0.15, 0.2) is 0 Å². The summed E-state index contributed by atoms with van der Waals surface area (Å²) in [6.07, 6.45) is 0. The van der Waals surface area contributed by atoms with Crippen molar-refractivity contribution in [3.05, 3.63) is 60.2 Å². The van der Waals surface area contributed by atoms with Gasteiger partial charge in [0.25, 0.3) is 10.0 Å². The molecule has 0 aliphatic carbocycles. The second-order valence-electron chi connectivity index (χ2n) is 6.22. The average molecular weight is 425 g/mol. The summed E-state index contributed by atoms with van der Waals surface area (Å²) >= 11 is 0. The molecule has 152 valence electrons. The first-order chi connectivity index (χ1) is 13.2. The van der Waals surface area contributed by atoms with Gasteiger partial charge in [-0.3, -0.25) is 4.79 Å². The molecule has 0 aromatic heterocycles. The summed E-state index contributed by atoms with van der Waals surface area (Å²) in [4.78, 5) is 11.8. The molecule has 9 heteroatoms. The van der Waals surface area contributed by atoms with Crippen LogP contribution >= 0.6 is 0 Å². The van der Waals surface area contributed by atoms with Gasteiger partial charge in [-0.05, 0) is 38.1 Å². The number of sulfonamides is 1. The number of aryl methyl sites for hydroxylation is 1. The molecular formula is C19H24N2O5S2. The average Bonchev–Trinajstić information content (AvgIpc) is 2.67. The molecule has 0 amide bonds. The van der Waals surface area contributed by atoms with Crippen LogP contribution in [0.2, 0.25) is 0 Å². The van der Waals surface area contributed by atoms with Crippen molar-refractivity contribution in [2.75, 3.05) is 19.4 Å². The number of carbonyl (C=O) groups is 1. The maximum absolute atomic E-state index is 13.6. The number of nitrogens with zero attached hydrogens (tertiary/aromatic N) is 1. The van der Waals surface area contributed by atoms with Crippen LogP contribution in [0.5, 0.6) is 0 Å². The minimum atomic E-state index is -4.12. The van der Waals surface area contributed by atoms with E-state index < -0.39 is 31.8 Å². The number of benzene rings is 2. The number of ether oxygens (including phenoxy) is 1. The largest absolute Gasteiger partial charge is 0.468 e. The Morgan fingerprint density at radius 1 is 1.04 bits per heavy atom. The third-order valence-corrected chi connectivity index (χ3v) is 8.42. The van der Waals surface area contributed by atoms with E-state index >= 15 is 0 Å². The molecule has 7 nitrogen and oxygen atoms in total. The molecule has 0 radical (unpaired) electrons. The zero-order chi connectivity index (χ0) is 20.8. The zero-order valence-electron chi connectivity index (χ0n) is 16.0. The molecule has 2 aromatic rings. The van der Waals surface area contributed by atoms with Crippen LogP contribution in [0.25, 0.3) is 0 Å². The Labute approximate surface area is 166 Å². The summed E-state index contributed by atoms with van der Waals surface area (Å²) < 4.78 is 47.5. The minimum Gasteiger partial charge on any atom is -0.468 e. The number of hydrogen-bond donors (Lipinski definition) is 1. The maximum Gasteiger partial charge on any atom is 0.322 e. The lowest BCUT2D eigenvalue weighted by atomic mass is 10.2. The van der Waals surface area contributed by atoms with E-state index in [-0.39, 0.29) is 17.2 Å². The Balaban J connectivity index is 2.39. The first kappa shape index (κ1) is 22.1. The first-order valence-corrected chi connectivity index (χ1v) is 11.7. The number of esters is 1. The summed E-state index contributed by atoms with van der Waals surface area (Å²) in [5.41, 5.74) is 0.906. The van der Waals surface area contributed by atoms with Crippen molar-refractivity contribution >= 4 is 25.7 Å². The molecule has 0 heterocycles. The summed E-state index contributed by atoms with van der Waals surface area (Å²) in [5.74, 6) is -0.542. The Morgan fingerprint density at radius 2 is 1.64 bits per heavy atom. The van der Waals surface area contributed by atoms with Crippen LogP contribution in [0, 0.1) is 6.92 Å². The number of carbonyl (C=O) groups excluding carboxylic acids is 1. The molecule has 1 unspecified atom stereocenters. The molecule has 0 saturated carbocycles. The normalized spacial score (nSPS) is 14.7. The van der Waals surface area contributed by atoms with Crippen molar-refractivity contribution in [1.82, 2.24) is 5.32 Å². The predicted octanol–water partition coefficient (Wildman–Crippen LogP) is 2.36. The molecule has 0 saturated heterocycles. The lowest BCUT2D eigenvalue weighted by Crippen LogP contribution is -2.37. The standard InChI is InChI=1S/C19H24N2O5S2/c1-15-9-11-18(12-10-15)28(24,25)21-27(23,17-7-5-4-6-8-17)14-13-20-16(2)19(22)26-3/h4-12,16,20H,13-14H2,1-3H3/t16-,27?/m0/s1. The first-order valence-electron chi connectivity index (χ1n) is 8.62. The van der Waals surface area contributed by atoms with Gasteiger partial charge >= 0.3 is 5.97 Å². The van der Waals surface area contributed by atoms with E-state index in [2.05, 4.69) is 13.8 Å². The Kier molecular flexibility index (Phi) is 7.34. The van der Waals surface area contributed by atoms with Gasteiger partial charge in [0.2, 0.25) is 0 Å². The van der Waals surface area contributed by atoms with Crippen LogP contribution in [0.15, 0.2) is 68.2 Å². The minimum absolute atomic E-state index is 0.0161. The molecule has 0 aliphatic heterocycles. The molecule has 2 aromatic carbocycles. The van der Waals surface area contributed by atoms with Crippen LogP contribution < -0.4 is 5.32 Å². The molecule has 2 atom stereocenters. The van der Waals surface area contributed by atoms with Gasteiger partial charge in [0.05, 0.1) is 21.7 Å². The summed E-state index contributed by atoms with van der Waals surface area (Å²) in [6, 6.07) is 13.8. The summed E-state index contributed by atoms with van der Waals surface area (Å²) in [6.45, 7) is 3.57. The van der Waals surface area contributed by atoms with Crippen LogP contribution in [0.4, 0.5) is 0 Å². The predicted molar refractivity (Wildman–Crippen MR) is 108 cm³/mol. The van der Waals surface area contributed by atoms with Crippen molar-refractivity contribution < 1.29 is 22.2 Å². The molecular weight excluding hydrogens is 400 g/mol. The maximum atomic E-state index is 13.6. The van der Waals surface area contributed by atoms with Gasteiger partial charge < -0.3 is 10.1 Å². The second kappa shape index (κ2) is 9.31. The van der Waals surface area contributed by atoms with E-state index in [0.717, 1.165) is 5.56 Å². The monoisotopic (exact) mass is 424 g/mol. The lowest BCUT2D eigenvalue weighted by molar-refractivity contribution is -0.142. The number of methoxy groups -OCH3 is 1. The Hall–Kier alpha value is -2.23. The molecule has 0 aliphatic rings. The van der Waals surface area contributed by atoms with Crippen LogP contribution in [-0.2, 0) is 29.3 Å². The van der Waals surface area contributed by atoms with E-state index in [9.17, 15) is 17.4 Å². The zero-order valence-corrected chi connectivity index (χ0v) is 17.6. The molecule has 2 rings (SSSR count). The molecule has 28 heavy (non-hydrogen) atoms. The van der Waals surface area contributed by atoms with Gasteiger partial charge in [-0.1, -0.05) is 35.9 Å². The van der Waals surface area contributed by atoms with Crippen molar-refractivity contribution in [1.29, 1.82) is 0 Å². The fourth-order valence-corrected chi connectivity index (χ4v) is 6.36. The van der Waals surface area contributed by atoms with Gasteiger partial charge in [-0.25, -0.2) is 4.21 Å². The second-order valence-corrected chi connectivity index (χ2v) is 10.4. The number of nitrogens with one attached hydrogen (secondary N) is 1. The number of hydrogen-bond acceptors (Lipinski definition) is 6. The van der Waals surface area contributed by atoms with Crippen molar-refractivity contribution in [2.45, 2.75) is 29.7 Å². The van der Waals surface area contributed by atoms with Gasteiger partial charge in [-0.2, -0.15) is 8.42 Å². The molecule has 0 bridgehead atoms. The van der Waals surface area contributed by atoms with Crippen LogP contribution in [-0.4, -0.2) is 44.0 Å². The third kappa shape index (κ3) is 5.63. The summed E-state index contributed by atoms with van der Waals surface area (Å²) in [7, 11) is -6.14. The highest BCUT2D eigenvalue weighted by Crippen LogP contribution is 2.20. The van der Waals surface area contributed by atoms with Crippen molar-refractivity contribution in [2.24, 2.45) is 3.77 Å².